The highest BCUT2D eigenvalue weighted by Crippen LogP contribution is 2.40. The van der Waals surface area contributed by atoms with E-state index in [-0.39, 0.29) is 17.7 Å². The molecule has 3 rings (SSSR count). The van der Waals surface area contributed by atoms with Crippen LogP contribution in [-0.2, 0) is 0 Å². The molecule has 1 aliphatic heterocycles. The van der Waals surface area contributed by atoms with Gasteiger partial charge in [0.15, 0.2) is 0 Å². The lowest BCUT2D eigenvalue weighted by Gasteiger charge is -2.21. The third kappa shape index (κ3) is 2.19. The number of fused-ring (bicyclic) bond motifs is 1. The number of nitrogens with zero attached hydrogens (tertiary/aromatic N) is 2. The van der Waals surface area contributed by atoms with Crippen molar-refractivity contribution in [2.75, 3.05) is 23.4 Å². The normalized spacial score (nSPS) is 28.5. The maximum absolute atomic E-state index is 11.0. The Bertz CT molecular complexity index is 536. The van der Waals surface area contributed by atoms with E-state index in [4.69, 9.17) is 5.84 Å². The lowest BCUT2D eigenvalue weighted by molar-refractivity contribution is -0.384. The van der Waals surface area contributed by atoms with E-state index in [9.17, 15) is 15.2 Å². The summed E-state index contributed by atoms with van der Waals surface area (Å²) in [5.74, 6) is 6.14. The number of nitro benzene ring substituents is 1. The van der Waals surface area contributed by atoms with Gasteiger partial charge in [0.1, 0.15) is 0 Å². The van der Waals surface area contributed by atoms with Crippen LogP contribution in [0.5, 0.6) is 0 Å². The molecule has 7 nitrogen and oxygen atoms in total. The van der Waals surface area contributed by atoms with Crippen molar-refractivity contribution >= 4 is 17.1 Å². The van der Waals surface area contributed by atoms with Crippen LogP contribution in [0.3, 0.4) is 0 Å². The highest BCUT2D eigenvalue weighted by molar-refractivity contribution is 5.64. The summed E-state index contributed by atoms with van der Waals surface area (Å²) in [6.45, 7) is 1.59. The smallest absolute Gasteiger partial charge is 0.273 e. The number of aliphatic hydroxyl groups is 1. The monoisotopic (exact) mass is 278 g/mol. The quantitative estimate of drug-likeness (QED) is 0.434. The highest BCUT2D eigenvalue weighted by atomic mass is 16.6. The Morgan fingerprint density at radius 3 is 2.80 bits per heavy atom. The molecule has 0 spiro atoms. The summed E-state index contributed by atoms with van der Waals surface area (Å²) in [5, 5.41) is 20.9. The summed E-state index contributed by atoms with van der Waals surface area (Å²) in [6, 6.07) is 4.78. The zero-order valence-electron chi connectivity index (χ0n) is 11.0. The molecular weight excluding hydrogens is 260 g/mol. The maximum atomic E-state index is 11.0. The summed E-state index contributed by atoms with van der Waals surface area (Å²) < 4.78 is 0. The Balaban J connectivity index is 1.87. The number of nitrogens with one attached hydrogen (secondary N) is 1. The fraction of sp³-hybridized carbons (Fsp3) is 0.538. The van der Waals surface area contributed by atoms with Gasteiger partial charge in [-0.25, -0.2) is 0 Å². The molecule has 3 unspecified atom stereocenters. The van der Waals surface area contributed by atoms with E-state index in [0.29, 0.717) is 11.6 Å². The van der Waals surface area contributed by atoms with Gasteiger partial charge < -0.3 is 15.4 Å². The standard InChI is InChI=1S/C13H18N4O3/c14-15-9-3-10(5-11(4-9)17(19)20)16-6-8-1-2-13(18)12(8)7-16/h3-5,8,12-13,15,18H,1-2,6-7,14H2. The molecule has 3 atom stereocenters. The molecule has 2 aliphatic rings. The summed E-state index contributed by atoms with van der Waals surface area (Å²) >= 11 is 0. The summed E-state index contributed by atoms with van der Waals surface area (Å²) in [5.41, 5.74) is 3.79. The average Bonchev–Trinajstić information content (AvgIpc) is 3.01. The van der Waals surface area contributed by atoms with Crippen LogP contribution in [0.15, 0.2) is 18.2 Å². The molecule has 108 valence electrons. The Kier molecular flexibility index (Phi) is 3.23. The minimum absolute atomic E-state index is 0.0213. The van der Waals surface area contributed by atoms with Crippen LogP contribution in [0.2, 0.25) is 0 Å². The number of hydrogen-bond acceptors (Lipinski definition) is 6. The molecule has 0 amide bonds. The minimum atomic E-state index is -0.421. The number of anilines is 2. The summed E-state index contributed by atoms with van der Waals surface area (Å²) in [6.07, 6.45) is 1.66. The van der Waals surface area contributed by atoms with E-state index in [1.807, 2.05) is 0 Å². The summed E-state index contributed by atoms with van der Waals surface area (Å²) in [7, 11) is 0. The van der Waals surface area contributed by atoms with Gasteiger partial charge in [-0.1, -0.05) is 0 Å². The Labute approximate surface area is 116 Å². The van der Waals surface area contributed by atoms with Crippen molar-refractivity contribution in [2.24, 2.45) is 17.7 Å². The van der Waals surface area contributed by atoms with E-state index < -0.39 is 4.92 Å². The highest BCUT2D eigenvalue weighted by Gasteiger charge is 2.42. The fourth-order valence-corrected chi connectivity index (χ4v) is 3.41. The van der Waals surface area contributed by atoms with Gasteiger partial charge in [-0.15, -0.1) is 0 Å². The second-order valence-corrected chi connectivity index (χ2v) is 5.61. The van der Waals surface area contributed by atoms with Crippen LogP contribution in [0, 0.1) is 22.0 Å². The lowest BCUT2D eigenvalue weighted by atomic mass is 10.00. The predicted molar refractivity (Wildman–Crippen MR) is 75.3 cm³/mol. The molecule has 2 fully saturated rings. The number of benzene rings is 1. The first-order valence-corrected chi connectivity index (χ1v) is 6.77. The molecule has 1 aliphatic carbocycles. The first kappa shape index (κ1) is 13.1. The molecular formula is C13H18N4O3. The number of aliphatic hydroxyl groups excluding tert-OH is 1. The van der Waals surface area contributed by atoms with Crippen molar-refractivity contribution in [1.29, 1.82) is 0 Å². The first-order chi connectivity index (χ1) is 9.58. The van der Waals surface area contributed by atoms with E-state index in [1.165, 1.54) is 6.07 Å². The van der Waals surface area contributed by atoms with Crippen molar-refractivity contribution in [1.82, 2.24) is 0 Å². The van der Waals surface area contributed by atoms with Crippen molar-refractivity contribution < 1.29 is 10.0 Å². The zero-order valence-corrected chi connectivity index (χ0v) is 11.0. The molecule has 0 bridgehead atoms. The number of non-ortho nitro benzene ring substituents is 1. The van der Waals surface area contributed by atoms with Gasteiger partial charge in [0.05, 0.1) is 16.7 Å². The van der Waals surface area contributed by atoms with Gasteiger partial charge in [-0.05, 0) is 24.8 Å². The van der Waals surface area contributed by atoms with E-state index in [2.05, 4.69) is 10.3 Å². The van der Waals surface area contributed by atoms with Crippen LogP contribution >= 0.6 is 0 Å². The lowest BCUT2D eigenvalue weighted by Crippen LogP contribution is -2.24. The van der Waals surface area contributed by atoms with Crippen LogP contribution in [0.25, 0.3) is 0 Å². The third-order valence-electron chi connectivity index (χ3n) is 4.46. The average molecular weight is 278 g/mol. The number of rotatable bonds is 3. The number of nitrogens with two attached hydrogens (primary N) is 1. The Morgan fingerprint density at radius 2 is 2.15 bits per heavy atom. The second-order valence-electron chi connectivity index (χ2n) is 5.61. The first-order valence-electron chi connectivity index (χ1n) is 6.77. The second kappa shape index (κ2) is 4.92. The molecule has 1 saturated heterocycles. The molecule has 0 aromatic heterocycles. The molecule has 1 heterocycles. The van der Waals surface area contributed by atoms with Gasteiger partial charge in [-0.2, -0.15) is 0 Å². The Morgan fingerprint density at radius 1 is 1.35 bits per heavy atom. The van der Waals surface area contributed by atoms with E-state index >= 15 is 0 Å². The van der Waals surface area contributed by atoms with Crippen molar-refractivity contribution in [2.45, 2.75) is 18.9 Å². The largest absolute Gasteiger partial charge is 0.393 e. The van der Waals surface area contributed by atoms with Gasteiger partial charge in [-0.3, -0.25) is 16.0 Å². The third-order valence-corrected chi connectivity index (χ3v) is 4.46. The zero-order chi connectivity index (χ0) is 14.3. The maximum Gasteiger partial charge on any atom is 0.273 e. The molecule has 1 aromatic rings. The number of hydrazine groups is 1. The van der Waals surface area contributed by atoms with Crippen LogP contribution < -0.4 is 16.2 Å². The molecule has 1 saturated carbocycles. The summed E-state index contributed by atoms with van der Waals surface area (Å²) in [4.78, 5) is 12.6. The fourth-order valence-electron chi connectivity index (χ4n) is 3.41. The molecule has 7 heteroatoms. The van der Waals surface area contributed by atoms with E-state index in [0.717, 1.165) is 31.6 Å². The van der Waals surface area contributed by atoms with Crippen molar-refractivity contribution in [3.63, 3.8) is 0 Å². The Hall–Kier alpha value is -1.86. The predicted octanol–water partition coefficient (Wildman–Crippen LogP) is 1.09. The van der Waals surface area contributed by atoms with Gasteiger partial charge >= 0.3 is 0 Å². The van der Waals surface area contributed by atoms with Crippen molar-refractivity contribution in [3.05, 3.63) is 28.3 Å². The topological polar surface area (TPSA) is 105 Å². The van der Waals surface area contributed by atoms with Crippen LogP contribution in [-0.4, -0.2) is 29.2 Å². The van der Waals surface area contributed by atoms with Crippen molar-refractivity contribution in [3.8, 4) is 0 Å². The van der Waals surface area contributed by atoms with Gasteiger partial charge in [0.25, 0.3) is 5.69 Å². The number of hydrogen-bond donors (Lipinski definition) is 3. The molecule has 1 aromatic carbocycles. The number of nitro groups is 1. The van der Waals surface area contributed by atoms with Gasteiger partial charge in [0.2, 0.25) is 0 Å². The molecule has 0 radical (unpaired) electrons. The van der Waals surface area contributed by atoms with Crippen LogP contribution in [0.1, 0.15) is 12.8 Å². The van der Waals surface area contributed by atoms with Crippen LogP contribution in [0.4, 0.5) is 17.1 Å². The van der Waals surface area contributed by atoms with E-state index in [1.54, 1.807) is 12.1 Å². The molecule has 4 N–H and O–H groups in total. The minimum Gasteiger partial charge on any atom is -0.393 e. The van der Waals surface area contributed by atoms with Gasteiger partial charge in [0, 0.05) is 36.8 Å². The SMILES string of the molecule is NNc1cc(N2CC3CCC(O)C3C2)cc([N+](=O)[O-])c1. The number of nitrogen functional groups attached to an aromatic ring is 1. The molecule has 20 heavy (non-hydrogen) atoms.